The fourth-order valence-corrected chi connectivity index (χ4v) is 1.92. The Kier molecular flexibility index (Phi) is 3.59. The normalized spacial score (nSPS) is 9.83. The summed E-state index contributed by atoms with van der Waals surface area (Å²) in [7, 11) is 0. The van der Waals surface area contributed by atoms with Crippen molar-refractivity contribution < 1.29 is 0 Å². The van der Waals surface area contributed by atoms with Crippen molar-refractivity contribution in [2.24, 2.45) is 0 Å². The molecule has 0 amide bonds. The minimum Gasteiger partial charge on any atom is -0.355 e. The summed E-state index contributed by atoms with van der Waals surface area (Å²) in [6.45, 7) is 4.21. The van der Waals surface area contributed by atoms with Gasteiger partial charge in [0.2, 0.25) is 0 Å². The van der Waals surface area contributed by atoms with Gasteiger partial charge in [-0.15, -0.1) is 0 Å². The first kappa shape index (κ1) is 12.1. The SMILES string of the molecule is CCc1cccc(C)c1Nc1ccnc(C#N)c1. The summed E-state index contributed by atoms with van der Waals surface area (Å²) in [6.07, 6.45) is 2.62. The maximum Gasteiger partial charge on any atom is 0.142 e. The number of aryl methyl sites for hydroxylation is 2. The van der Waals surface area contributed by atoms with Crippen LogP contribution in [0, 0.1) is 18.3 Å². The van der Waals surface area contributed by atoms with Crippen molar-refractivity contribution in [3.63, 3.8) is 0 Å². The van der Waals surface area contributed by atoms with Crippen molar-refractivity contribution in [3.05, 3.63) is 53.3 Å². The third kappa shape index (κ3) is 2.49. The van der Waals surface area contributed by atoms with Crippen LogP contribution < -0.4 is 5.32 Å². The van der Waals surface area contributed by atoms with E-state index in [-0.39, 0.29) is 0 Å². The highest BCUT2D eigenvalue weighted by molar-refractivity contribution is 5.67. The van der Waals surface area contributed by atoms with Crippen LogP contribution in [0.5, 0.6) is 0 Å². The molecule has 3 nitrogen and oxygen atoms in total. The van der Waals surface area contributed by atoms with Crippen LogP contribution >= 0.6 is 0 Å². The molecule has 0 fully saturated rings. The highest BCUT2D eigenvalue weighted by atomic mass is 14.9. The molecule has 1 aromatic heterocycles. The molecule has 0 aliphatic carbocycles. The number of benzene rings is 1. The summed E-state index contributed by atoms with van der Waals surface area (Å²) in [4.78, 5) is 3.96. The molecule has 0 saturated heterocycles. The Hall–Kier alpha value is -2.34. The van der Waals surface area contributed by atoms with Gasteiger partial charge >= 0.3 is 0 Å². The molecule has 90 valence electrons. The largest absolute Gasteiger partial charge is 0.355 e. The highest BCUT2D eigenvalue weighted by Gasteiger charge is 2.05. The Labute approximate surface area is 107 Å². The van der Waals surface area contributed by atoms with Crippen LogP contribution in [0.2, 0.25) is 0 Å². The van der Waals surface area contributed by atoms with Crippen LogP contribution in [0.3, 0.4) is 0 Å². The molecule has 2 aromatic rings. The minimum absolute atomic E-state index is 0.423. The van der Waals surface area contributed by atoms with Gasteiger partial charge in [-0.2, -0.15) is 5.26 Å². The molecule has 1 heterocycles. The van der Waals surface area contributed by atoms with Gasteiger partial charge in [0.25, 0.3) is 0 Å². The van der Waals surface area contributed by atoms with Gasteiger partial charge in [-0.3, -0.25) is 0 Å². The molecule has 0 unspecified atom stereocenters. The number of para-hydroxylation sites is 1. The highest BCUT2D eigenvalue weighted by Crippen LogP contribution is 2.25. The Morgan fingerprint density at radius 1 is 1.33 bits per heavy atom. The molecule has 0 spiro atoms. The van der Waals surface area contributed by atoms with Gasteiger partial charge < -0.3 is 5.32 Å². The van der Waals surface area contributed by atoms with E-state index in [2.05, 4.69) is 42.3 Å². The first-order valence-corrected chi connectivity index (χ1v) is 5.96. The molecule has 0 radical (unpaired) electrons. The van der Waals surface area contributed by atoms with E-state index in [9.17, 15) is 0 Å². The number of nitrogens with zero attached hydrogens (tertiary/aromatic N) is 2. The number of hydrogen-bond donors (Lipinski definition) is 1. The zero-order valence-electron chi connectivity index (χ0n) is 10.6. The summed E-state index contributed by atoms with van der Waals surface area (Å²) >= 11 is 0. The van der Waals surface area contributed by atoms with Gasteiger partial charge in [0, 0.05) is 17.6 Å². The lowest BCUT2D eigenvalue weighted by Crippen LogP contribution is -1.98. The van der Waals surface area contributed by atoms with E-state index in [0.717, 1.165) is 17.8 Å². The fourth-order valence-electron chi connectivity index (χ4n) is 1.92. The second-order valence-corrected chi connectivity index (χ2v) is 4.13. The summed E-state index contributed by atoms with van der Waals surface area (Å²) in [5.74, 6) is 0. The van der Waals surface area contributed by atoms with E-state index in [1.165, 1.54) is 11.1 Å². The van der Waals surface area contributed by atoms with E-state index in [1.807, 2.05) is 12.1 Å². The third-order valence-corrected chi connectivity index (χ3v) is 2.88. The maximum atomic E-state index is 8.84. The molecule has 18 heavy (non-hydrogen) atoms. The maximum absolute atomic E-state index is 8.84. The zero-order chi connectivity index (χ0) is 13.0. The van der Waals surface area contributed by atoms with Crippen LogP contribution in [-0.2, 0) is 6.42 Å². The number of nitriles is 1. The van der Waals surface area contributed by atoms with Gasteiger partial charge in [-0.05, 0) is 36.6 Å². The van der Waals surface area contributed by atoms with Gasteiger partial charge in [-0.25, -0.2) is 4.98 Å². The first-order chi connectivity index (χ1) is 8.74. The minimum atomic E-state index is 0.423. The van der Waals surface area contributed by atoms with Crippen molar-refractivity contribution >= 4 is 11.4 Å². The van der Waals surface area contributed by atoms with E-state index in [0.29, 0.717) is 5.69 Å². The van der Waals surface area contributed by atoms with Gasteiger partial charge in [0.15, 0.2) is 0 Å². The summed E-state index contributed by atoms with van der Waals surface area (Å²) in [6, 6.07) is 11.9. The first-order valence-electron chi connectivity index (χ1n) is 5.96. The molecular weight excluding hydrogens is 222 g/mol. The zero-order valence-corrected chi connectivity index (χ0v) is 10.6. The standard InChI is InChI=1S/C15H15N3/c1-3-12-6-4-5-11(2)15(12)18-13-7-8-17-14(9-13)10-16/h4-9H,3H2,1-2H3,(H,17,18). The van der Waals surface area contributed by atoms with Crippen LogP contribution in [0.4, 0.5) is 11.4 Å². The second-order valence-electron chi connectivity index (χ2n) is 4.13. The lowest BCUT2D eigenvalue weighted by molar-refractivity contribution is 1.13. The summed E-state index contributed by atoms with van der Waals surface area (Å²) < 4.78 is 0. The Balaban J connectivity index is 2.37. The van der Waals surface area contributed by atoms with Crippen molar-refractivity contribution in [2.75, 3.05) is 5.32 Å². The molecule has 0 aliphatic heterocycles. The molecule has 1 N–H and O–H groups in total. The molecule has 2 rings (SSSR count). The van der Waals surface area contributed by atoms with Gasteiger partial charge in [-0.1, -0.05) is 25.1 Å². The van der Waals surface area contributed by atoms with Gasteiger partial charge in [0.1, 0.15) is 11.8 Å². The Bertz CT molecular complexity index is 597. The van der Waals surface area contributed by atoms with Crippen molar-refractivity contribution in [1.29, 1.82) is 5.26 Å². The van der Waals surface area contributed by atoms with E-state index in [1.54, 1.807) is 12.3 Å². The quantitative estimate of drug-likeness (QED) is 0.887. The van der Waals surface area contributed by atoms with Crippen LogP contribution in [0.25, 0.3) is 0 Å². The van der Waals surface area contributed by atoms with E-state index in [4.69, 9.17) is 5.26 Å². The molecule has 0 saturated carbocycles. The van der Waals surface area contributed by atoms with Crippen molar-refractivity contribution in [1.82, 2.24) is 4.98 Å². The van der Waals surface area contributed by atoms with Crippen LogP contribution in [-0.4, -0.2) is 4.98 Å². The van der Waals surface area contributed by atoms with Crippen LogP contribution in [0.1, 0.15) is 23.7 Å². The smallest absolute Gasteiger partial charge is 0.142 e. The van der Waals surface area contributed by atoms with E-state index >= 15 is 0 Å². The fraction of sp³-hybridized carbons (Fsp3) is 0.200. The monoisotopic (exact) mass is 237 g/mol. The number of nitrogens with one attached hydrogen (secondary N) is 1. The predicted octanol–water partition coefficient (Wildman–Crippen LogP) is 3.57. The molecule has 0 aliphatic rings. The Morgan fingerprint density at radius 2 is 2.17 bits per heavy atom. The Morgan fingerprint density at radius 3 is 2.89 bits per heavy atom. The van der Waals surface area contributed by atoms with Crippen LogP contribution in [0.15, 0.2) is 36.5 Å². The number of hydrogen-bond acceptors (Lipinski definition) is 3. The number of anilines is 2. The average molecular weight is 237 g/mol. The summed E-state index contributed by atoms with van der Waals surface area (Å²) in [5, 5.41) is 12.2. The lowest BCUT2D eigenvalue weighted by Gasteiger charge is -2.13. The number of pyridine rings is 1. The number of aromatic nitrogens is 1. The average Bonchev–Trinajstić information content (AvgIpc) is 2.41. The molecule has 3 heteroatoms. The predicted molar refractivity (Wildman–Crippen MR) is 72.8 cm³/mol. The third-order valence-electron chi connectivity index (χ3n) is 2.88. The molecular formula is C15H15N3. The van der Waals surface area contributed by atoms with Gasteiger partial charge in [0.05, 0.1) is 0 Å². The second kappa shape index (κ2) is 5.33. The lowest BCUT2D eigenvalue weighted by atomic mass is 10.1. The van der Waals surface area contributed by atoms with Crippen molar-refractivity contribution in [2.45, 2.75) is 20.3 Å². The van der Waals surface area contributed by atoms with E-state index < -0.39 is 0 Å². The molecule has 1 aromatic carbocycles. The molecule has 0 bridgehead atoms. The number of rotatable bonds is 3. The summed E-state index contributed by atoms with van der Waals surface area (Å²) in [5.41, 5.74) is 4.90. The topological polar surface area (TPSA) is 48.7 Å². The van der Waals surface area contributed by atoms with Crippen molar-refractivity contribution in [3.8, 4) is 6.07 Å². The molecule has 0 atom stereocenters.